The lowest BCUT2D eigenvalue weighted by atomic mass is 10.3. The van der Waals surface area contributed by atoms with Gasteiger partial charge < -0.3 is 5.73 Å². The highest BCUT2D eigenvalue weighted by Crippen LogP contribution is 2.23. The molecule has 0 radical (unpaired) electrons. The summed E-state index contributed by atoms with van der Waals surface area (Å²) in [7, 11) is 0. The monoisotopic (exact) mass is 299 g/mol. The van der Waals surface area contributed by atoms with E-state index >= 15 is 0 Å². The number of imidazole rings is 1. The molecule has 0 saturated heterocycles. The number of nitrogens with zero attached hydrogens (tertiary/aromatic N) is 2. The lowest BCUT2D eigenvalue weighted by molar-refractivity contribution is 1.07. The molecule has 2 aromatic rings. The fraction of sp³-hybridized carbons (Fsp3) is 0.364. The molecule has 86 valence electrons. The Labute approximate surface area is 108 Å². The van der Waals surface area contributed by atoms with Gasteiger partial charge in [0.25, 0.3) is 0 Å². The largest absolute Gasteiger partial charge is 0.383 e. The minimum atomic E-state index is 0.767. The first-order valence-corrected chi connectivity index (χ1v) is 7.24. The maximum Gasteiger partial charge on any atom is 0.138 e. The number of pyridine rings is 1. The van der Waals surface area contributed by atoms with Crippen LogP contribution < -0.4 is 5.73 Å². The van der Waals surface area contributed by atoms with Crippen LogP contribution in [0.4, 0.5) is 5.82 Å². The molecule has 0 aliphatic heterocycles. The summed E-state index contributed by atoms with van der Waals surface area (Å²) < 4.78 is 3.06. The zero-order chi connectivity index (χ0) is 11.7. The van der Waals surface area contributed by atoms with E-state index in [9.17, 15) is 0 Å². The average Bonchev–Trinajstić information content (AvgIpc) is 2.59. The summed E-state index contributed by atoms with van der Waals surface area (Å²) in [6.45, 7) is 2.04. The van der Waals surface area contributed by atoms with E-state index in [0.29, 0.717) is 0 Å². The van der Waals surface area contributed by atoms with Crippen molar-refractivity contribution in [1.29, 1.82) is 0 Å². The van der Waals surface area contributed by atoms with Crippen LogP contribution in [0.1, 0.15) is 11.4 Å². The van der Waals surface area contributed by atoms with Gasteiger partial charge >= 0.3 is 0 Å². The van der Waals surface area contributed by atoms with Crippen molar-refractivity contribution in [2.45, 2.75) is 13.3 Å². The first-order chi connectivity index (χ1) is 7.65. The second-order valence-electron chi connectivity index (χ2n) is 3.65. The smallest absolute Gasteiger partial charge is 0.138 e. The van der Waals surface area contributed by atoms with E-state index in [-0.39, 0.29) is 0 Å². The molecule has 16 heavy (non-hydrogen) atoms. The first-order valence-electron chi connectivity index (χ1n) is 5.06. The number of thioether (sulfide) groups is 1. The molecular formula is C11H14BrN3S. The number of hydrogen-bond donors (Lipinski definition) is 1. The number of aryl methyl sites for hydroxylation is 2. The molecule has 3 nitrogen and oxygen atoms in total. The molecule has 2 heterocycles. The molecule has 0 saturated carbocycles. The van der Waals surface area contributed by atoms with Crippen molar-refractivity contribution in [2.75, 3.05) is 17.7 Å². The molecule has 0 aliphatic carbocycles. The van der Waals surface area contributed by atoms with Gasteiger partial charge in [0.15, 0.2) is 0 Å². The molecule has 0 unspecified atom stereocenters. The van der Waals surface area contributed by atoms with Crippen LogP contribution in [0.25, 0.3) is 5.65 Å². The van der Waals surface area contributed by atoms with Gasteiger partial charge in [-0.05, 0) is 47.0 Å². The number of halogens is 1. The zero-order valence-electron chi connectivity index (χ0n) is 9.33. The molecule has 2 N–H and O–H groups in total. The molecule has 0 spiro atoms. The Kier molecular flexibility index (Phi) is 3.44. The summed E-state index contributed by atoms with van der Waals surface area (Å²) in [5.74, 6) is 1.82. The van der Waals surface area contributed by atoms with Crippen molar-refractivity contribution in [3.05, 3.63) is 28.0 Å². The quantitative estimate of drug-likeness (QED) is 0.948. The topological polar surface area (TPSA) is 43.3 Å². The third kappa shape index (κ3) is 1.94. The number of hydrogen-bond acceptors (Lipinski definition) is 3. The molecule has 0 aliphatic rings. The highest BCUT2D eigenvalue weighted by Gasteiger charge is 2.11. The van der Waals surface area contributed by atoms with E-state index in [1.807, 2.05) is 35.2 Å². The summed E-state index contributed by atoms with van der Waals surface area (Å²) in [5, 5.41) is 0. The Hall–Kier alpha value is -0.680. The lowest BCUT2D eigenvalue weighted by Crippen LogP contribution is -2.00. The Morgan fingerprint density at radius 3 is 2.94 bits per heavy atom. The van der Waals surface area contributed by atoms with Gasteiger partial charge in [-0.15, -0.1) is 0 Å². The van der Waals surface area contributed by atoms with E-state index in [2.05, 4.69) is 27.2 Å². The van der Waals surface area contributed by atoms with Crippen LogP contribution in [0.15, 0.2) is 16.6 Å². The summed E-state index contributed by atoms with van der Waals surface area (Å²) in [6, 6.07) is 3.99. The van der Waals surface area contributed by atoms with Crippen molar-refractivity contribution >= 4 is 39.2 Å². The number of rotatable bonds is 3. The van der Waals surface area contributed by atoms with Gasteiger partial charge in [-0.3, -0.25) is 4.40 Å². The van der Waals surface area contributed by atoms with Crippen LogP contribution in [0, 0.1) is 6.92 Å². The number of fused-ring (bicyclic) bond motifs is 1. The molecule has 5 heteroatoms. The Bertz CT molecular complexity index is 521. The van der Waals surface area contributed by atoms with Gasteiger partial charge in [0.05, 0.1) is 5.69 Å². The zero-order valence-corrected chi connectivity index (χ0v) is 11.7. The fourth-order valence-corrected chi connectivity index (χ4v) is 2.43. The van der Waals surface area contributed by atoms with Crippen molar-refractivity contribution in [1.82, 2.24) is 9.38 Å². The van der Waals surface area contributed by atoms with Crippen LogP contribution >= 0.6 is 27.7 Å². The summed E-state index contributed by atoms with van der Waals surface area (Å²) in [5.41, 5.74) is 9.14. The fourth-order valence-electron chi connectivity index (χ4n) is 1.72. The van der Waals surface area contributed by atoms with E-state index in [0.717, 1.165) is 39.5 Å². The van der Waals surface area contributed by atoms with E-state index < -0.39 is 0 Å². The van der Waals surface area contributed by atoms with Crippen LogP contribution in [-0.4, -0.2) is 21.4 Å². The van der Waals surface area contributed by atoms with Crippen LogP contribution in [0.5, 0.6) is 0 Å². The van der Waals surface area contributed by atoms with E-state index in [4.69, 9.17) is 5.73 Å². The normalized spacial score (nSPS) is 11.2. The van der Waals surface area contributed by atoms with Crippen LogP contribution in [-0.2, 0) is 6.42 Å². The van der Waals surface area contributed by atoms with Crippen LogP contribution in [0.3, 0.4) is 0 Å². The number of nitrogen functional groups attached to an aromatic ring is 1. The predicted octanol–water partition coefficient (Wildman–Crippen LogP) is 2.89. The van der Waals surface area contributed by atoms with Gasteiger partial charge in [-0.1, -0.05) is 0 Å². The molecule has 2 aromatic heterocycles. The van der Waals surface area contributed by atoms with E-state index in [1.54, 1.807) is 0 Å². The van der Waals surface area contributed by atoms with Gasteiger partial charge in [-0.2, -0.15) is 11.8 Å². The molecule has 0 bridgehead atoms. The summed E-state index contributed by atoms with van der Waals surface area (Å²) >= 11 is 5.31. The van der Waals surface area contributed by atoms with Crippen molar-refractivity contribution in [3.8, 4) is 0 Å². The maximum atomic E-state index is 6.12. The van der Waals surface area contributed by atoms with Gasteiger partial charge in [0.1, 0.15) is 11.5 Å². The third-order valence-electron chi connectivity index (χ3n) is 2.62. The molecule has 0 fully saturated rings. The lowest BCUT2D eigenvalue weighted by Gasteiger charge is -2.04. The number of anilines is 1. The SMILES string of the molecule is CSCCc1nc2ccc(Br)c(C)n2c1N. The minimum Gasteiger partial charge on any atom is -0.383 e. The number of nitrogens with two attached hydrogens (primary N) is 1. The van der Waals surface area contributed by atoms with Crippen molar-refractivity contribution in [2.24, 2.45) is 0 Å². The molecule has 2 rings (SSSR count). The average molecular weight is 300 g/mol. The van der Waals surface area contributed by atoms with Crippen molar-refractivity contribution in [3.63, 3.8) is 0 Å². The highest BCUT2D eigenvalue weighted by molar-refractivity contribution is 9.10. The first kappa shape index (κ1) is 11.8. The summed E-state index contributed by atoms with van der Waals surface area (Å²) in [4.78, 5) is 4.56. The maximum absolute atomic E-state index is 6.12. The van der Waals surface area contributed by atoms with Crippen molar-refractivity contribution < 1.29 is 0 Å². The highest BCUT2D eigenvalue weighted by atomic mass is 79.9. The molecular weight excluding hydrogens is 286 g/mol. The third-order valence-corrected chi connectivity index (χ3v) is 4.07. The molecule has 0 amide bonds. The summed E-state index contributed by atoms with van der Waals surface area (Å²) in [6.07, 6.45) is 3.01. The Morgan fingerprint density at radius 1 is 1.50 bits per heavy atom. The van der Waals surface area contributed by atoms with Crippen LogP contribution in [0.2, 0.25) is 0 Å². The second-order valence-corrected chi connectivity index (χ2v) is 5.49. The Balaban J connectivity index is 2.55. The molecule has 0 atom stereocenters. The number of aromatic nitrogens is 2. The molecule has 0 aromatic carbocycles. The minimum absolute atomic E-state index is 0.767. The standard InChI is InChI=1S/C11H14BrN3S/c1-7-8(12)3-4-10-14-9(5-6-16-2)11(13)15(7)10/h3-4H,5-6,13H2,1-2H3. The predicted molar refractivity (Wildman–Crippen MR) is 74.1 cm³/mol. The Morgan fingerprint density at radius 2 is 2.25 bits per heavy atom. The van der Waals surface area contributed by atoms with Gasteiger partial charge in [-0.25, -0.2) is 4.98 Å². The van der Waals surface area contributed by atoms with E-state index in [1.165, 1.54) is 0 Å². The van der Waals surface area contributed by atoms with Gasteiger partial charge in [0.2, 0.25) is 0 Å². The second kappa shape index (κ2) is 4.67. The van der Waals surface area contributed by atoms with Gasteiger partial charge in [0, 0.05) is 16.6 Å².